The average molecular weight is 506 g/mol. The van der Waals surface area contributed by atoms with E-state index >= 15 is 0 Å². The van der Waals surface area contributed by atoms with Gasteiger partial charge in [-0.05, 0) is 16.7 Å². The van der Waals surface area contributed by atoms with Crippen molar-refractivity contribution >= 4 is 66.7 Å². The molecular weight excluding hydrogens is 476 g/mol. The van der Waals surface area contributed by atoms with Crippen LogP contribution in [0, 0.1) is 0 Å². The minimum atomic E-state index is 0.839. The highest BCUT2D eigenvalue weighted by molar-refractivity contribution is 9.10. The molecular formula is C18H29BrN6S3. The summed E-state index contributed by atoms with van der Waals surface area (Å²) < 4.78 is 1.15. The molecule has 156 valence electrons. The molecule has 6 nitrogen and oxygen atoms in total. The highest BCUT2D eigenvalue weighted by Crippen LogP contribution is 2.31. The number of rotatable bonds is 6. The zero-order chi connectivity index (χ0) is 20.9. The summed E-state index contributed by atoms with van der Waals surface area (Å²) in [5.74, 6) is 2.54. The van der Waals surface area contributed by atoms with E-state index < -0.39 is 0 Å². The molecule has 0 radical (unpaired) electrons. The first-order chi connectivity index (χ1) is 13.5. The van der Waals surface area contributed by atoms with Crippen molar-refractivity contribution in [2.45, 2.75) is 17.3 Å². The zero-order valence-corrected chi connectivity index (χ0v) is 21.3. The Labute approximate surface area is 189 Å². The largest absolute Gasteiger partial charge is 0.368 e. The summed E-state index contributed by atoms with van der Waals surface area (Å²) in [6.45, 7) is 0. The van der Waals surface area contributed by atoms with Crippen LogP contribution in [0.2, 0.25) is 0 Å². The van der Waals surface area contributed by atoms with Crippen LogP contribution in [0.5, 0.6) is 0 Å². The van der Waals surface area contributed by atoms with E-state index in [9.17, 15) is 0 Å². The number of aliphatic imine (C=N–C) groups is 3. The quantitative estimate of drug-likeness (QED) is 0.404. The van der Waals surface area contributed by atoms with Crippen LogP contribution in [0.3, 0.4) is 0 Å². The molecule has 3 N–H and O–H groups in total. The topological polar surface area (TPSA) is 73.2 Å². The van der Waals surface area contributed by atoms with Crippen LogP contribution >= 0.6 is 51.2 Å². The maximum atomic E-state index is 4.26. The molecule has 0 atom stereocenters. The number of amidine groups is 3. The summed E-state index contributed by atoms with van der Waals surface area (Å²) >= 11 is 8.92. The molecule has 0 aliphatic rings. The second-order valence-corrected chi connectivity index (χ2v) is 9.12. The van der Waals surface area contributed by atoms with E-state index in [-0.39, 0.29) is 0 Å². The van der Waals surface area contributed by atoms with Crippen LogP contribution in [0.15, 0.2) is 31.6 Å². The van der Waals surface area contributed by atoms with Crippen molar-refractivity contribution in [2.75, 3.05) is 42.3 Å². The predicted octanol–water partition coefficient (Wildman–Crippen LogP) is 3.76. The molecule has 1 aromatic carbocycles. The fourth-order valence-electron chi connectivity index (χ4n) is 2.31. The summed E-state index contributed by atoms with van der Waals surface area (Å²) in [5.41, 5.74) is 3.79. The summed E-state index contributed by atoms with van der Waals surface area (Å²) in [4.78, 5) is 12.8. The Morgan fingerprint density at radius 3 is 1.43 bits per heavy atom. The van der Waals surface area contributed by atoms with Gasteiger partial charge in [0, 0.05) is 64.0 Å². The van der Waals surface area contributed by atoms with Gasteiger partial charge in [0.05, 0.1) is 0 Å². The molecule has 0 spiro atoms. The highest BCUT2D eigenvalue weighted by Gasteiger charge is 2.12. The lowest BCUT2D eigenvalue weighted by atomic mass is 10.1. The third-order valence-corrected chi connectivity index (χ3v) is 8.03. The summed E-state index contributed by atoms with van der Waals surface area (Å²) in [5, 5.41) is 12.1. The molecule has 28 heavy (non-hydrogen) atoms. The Bertz CT molecular complexity index is 676. The number of nitrogens with zero attached hydrogens (tertiary/aromatic N) is 3. The van der Waals surface area contributed by atoms with E-state index in [4.69, 9.17) is 0 Å². The van der Waals surface area contributed by atoms with Crippen LogP contribution in [0.4, 0.5) is 0 Å². The average Bonchev–Trinajstić information content (AvgIpc) is 2.72. The predicted molar refractivity (Wildman–Crippen MR) is 135 cm³/mol. The lowest BCUT2D eigenvalue weighted by molar-refractivity contribution is 1.18. The van der Waals surface area contributed by atoms with Crippen molar-refractivity contribution in [3.63, 3.8) is 0 Å². The van der Waals surface area contributed by atoms with Crippen molar-refractivity contribution in [3.05, 3.63) is 33.3 Å². The molecule has 0 aromatic heterocycles. The Hall–Kier alpha value is -0.840. The lowest BCUT2D eigenvalue weighted by Gasteiger charge is -2.14. The molecule has 0 bridgehead atoms. The Morgan fingerprint density at radius 2 is 1.11 bits per heavy atom. The van der Waals surface area contributed by atoms with Gasteiger partial charge in [0.2, 0.25) is 0 Å². The summed E-state index contributed by atoms with van der Waals surface area (Å²) in [6, 6.07) is 4.52. The van der Waals surface area contributed by atoms with Crippen molar-refractivity contribution in [1.82, 2.24) is 16.0 Å². The number of nitrogens with one attached hydrogen (secondary N) is 3. The number of halogens is 1. The van der Waals surface area contributed by atoms with Crippen LogP contribution < -0.4 is 16.0 Å². The minimum Gasteiger partial charge on any atom is -0.368 e. The second-order valence-electron chi connectivity index (χ2n) is 5.43. The Morgan fingerprint density at radius 1 is 0.750 bits per heavy atom. The third-order valence-electron chi connectivity index (χ3n) is 3.64. The van der Waals surface area contributed by atoms with Crippen LogP contribution in [-0.2, 0) is 17.3 Å². The molecule has 0 aliphatic carbocycles. The molecule has 10 heteroatoms. The van der Waals surface area contributed by atoms with Crippen LogP contribution in [-0.4, -0.2) is 57.8 Å². The molecule has 0 aliphatic heterocycles. The van der Waals surface area contributed by atoms with Gasteiger partial charge in [0.25, 0.3) is 0 Å². The molecule has 0 heterocycles. The van der Waals surface area contributed by atoms with Crippen LogP contribution in [0.25, 0.3) is 0 Å². The lowest BCUT2D eigenvalue weighted by Crippen LogP contribution is -2.15. The molecule has 0 saturated heterocycles. The smallest absolute Gasteiger partial charge is 0.156 e. The third kappa shape index (κ3) is 8.26. The Kier molecular flexibility index (Phi) is 12.8. The number of benzene rings is 1. The normalized spacial score (nSPS) is 12.9. The van der Waals surface area contributed by atoms with E-state index in [0.29, 0.717) is 0 Å². The maximum Gasteiger partial charge on any atom is 0.156 e. The molecule has 1 aromatic rings. The first-order valence-electron chi connectivity index (χ1n) is 8.65. The maximum absolute atomic E-state index is 4.26. The molecule has 1 rings (SSSR count). The first-order valence-corrected chi connectivity index (χ1v) is 12.4. The van der Waals surface area contributed by atoms with E-state index in [1.165, 1.54) is 16.7 Å². The van der Waals surface area contributed by atoms with Gasteiger partial charge in [-0.3, -0.25) is 15.0 Å². The van der Waals surface area contributed by atoms with Gasteiger partial charge in [-0.1, -0.05) is 63.3 Å². The van der Waals surface area contributed by atoms with Gasteiger partial charge in [-0.15, -0.1) is 0 Å². The van der Waals surface area contributed by atoms with E-state index in [1.54, 1.807) is 56.4 Å². The zero-order valence-electron chi connectivity index (χ0n) is 17.2. The molecule has 0 unspecified atom stereocenters. The van der Waals surface area contributed by atoms with Crippen molar-refractivity contribution in [1.29, 1.82) is 0 Å². The SMILES string of the molecule is CN=C(NC)SCc1cc(CSC(=NC)NC)c(Br)c(CSC(=NC)NC)c1. The van der Waals surface area contributed by atoms with Gasteiger partial charge in [0.1, 0.15) is 0 Å². The highest BCUT2D eigenvalue weighted by atomic mass is 79.9. The number of hydrogen-bond donors (Lipinski definition) is 3. The monoisotopic (exact) mass is 504 g/mol. The van der Waals surface area contributed by atoms with Gasteiger partial charge in [-0.25, -0.2) is 0 Å². The van der Waals surface area contributed by atoms with E-state index in [0.717, 1.165) is 37.2 Å². The van der Waals surface area contributed by atoms with Gasteiger partial charge < -0.3 is 16.0 Å². The van der Waals surface area contributed by atoms with Gasteiger partial charge in [0.15, 0.2) is 15.5 Å². The molecule has 0 saturated carbocycles. The minimum absolute atomic E-state index is 0.839. The number of thioether (sulfide) groups is 3. The molecule has 0 fully saturated rings. The van der Waals surface area contributed by atoms with E-state index in [1.807, 2.05) is 21.1 Å². The fourth-order valence-corrected chi connectivity index (χ4v) is 5.52. The van der Waals surface area contributed by atoms with Gasteiger partial charge >= 0.3 is 0 Å². The summed E-state index contributed by atoms with van der Waals surface area (Å²) in [6.07, 6.45) is 0. The fraction of sp³-hybridized carbons (Fsp3) is 0.500. The Balaban J connectivity index is 3.10. The van der Waals surface area contributed by atoms with Crippen LogP contribution in [0.1, 0.15) is 16.7 Å². The summed E-state index contributed by atoms with van der Waals surface area (Å²) in [7, 11) is 11.1. The van der Waals surface area contributed by atoms with Crippen molar-refractivity contribution < 1.29 is 0 Å². The molecule has 0 amide bonds. The first kappa shape index (κ1) is 25.2. The van der Waals surface area contributed by atoms with Crippen molar-refractivity contribution in [2.24, 2.45) is 15.0 Å². The second kappa shape index (κ2) is 14.2. The van der Waals surface area contributed by atoms with Gasteiger partial charge in [-0.2, -0.15) is 0 Å². The standard InChI is InChI=1S/C18H29BrN6S3/c1-20-16(21-2)26-9-12-7-13(10-27-17(22-3)23-4)15(19)14(8-12)11-28-18(24-5)25-6/h7-8H,9-11H2,1-6H3,(H,20,21)(H,22,23)(H,24,25). The van der Waals surface area contributed by atoms with E-state index in [2.05, 4.69) is 59.0 Å². The number of hydrogen-bond acceptors (Lipinski definition) is 6. The van der Waals surface area contributed by atoms with Crippen molar-refractivity contribution in [3.8, 4) is 0 Å².